The van der Waals surface area contributed by atoms with Crippen LogP contribution in [0.15, 0.2) is 23.2 Å². The maximum absolute atomic E-state index is 12.4. The molecule has 0 aromatic carbocycles. The quantitative estimate of drug-likeness (QED) is 0.886. The minimum Gasteiger partial charge on any atom is -0.372 e. The zero-order chi connectivity index (χ0) is 13.9. The molecule has 2 rings (SSSR count). The van der Waals surface area contributed by atoms with Crippen molar-refractivity contribution < 1.29 is 8.42 Å². The molecular weight excluding hydrogens is 262 g/mol. The van der Waals surface area contributed by atoms with Crippen molar-refractivity contribution in [1.29, 1.82) is 0 Å². The van der Waals surface area contributed by atoms with Crippen molar-refractivity contribution in [2.75, 3.05) is 12.4 Å². The lowest BCUT2D eigenvalue weighted by atomic mass is 9.88. The molecule has 2 N–H and O–H groups in total. The number of hydrogen-bond donors (Lipinski definition) is 2. The second-order valence-electron chi connectivity index (χ2n) is 5.18. The van der Waals surface area contributed by atoms with Crippen LogP contribution >= 0.6 is 0 Å². The number of rotatable bonds is 4. The molecule has 0 bridgehead atoms. The molecule has 0 atom stereocenters. The van der Waals surface area contributed by atoms with Gasteiger partial charge in [0.15, 0.2) is 0 Å². The van der Waals surface area contributed by atoms with Crippen LogP contribution in [0.1, 0.15) is 32.6 Å². The fourth-order valence-electron chi connectivity index (χ4n) is 2.46. The van der Waals surface area contributed by atoms with Crippen LogP contribution in [0.3, 0.4) is 0 Å². The molecular formula is C13H21N3O2S. The summed E-state index contributed by atoms with van der Waals surface area (Å²) in [6.07, 6.45) is 5.57. The average molecular weight is 283 g/mol. The highest BCUT2D eigenvalue weighted by Crippen LogP contribution is 2.25. The lowest BCUT2D eigenvalue weighted by Crippen LogP contribution is -2.37. The molecule has 1 heterocycles. The van der Waals surface area contributed by atoms with Gasteiger partial charge in [-0.3, -0.25) is 0 Å². The topological polar surface area (TPSA) is 71.1 Å². The highest BCUT2D eigenvalue weighted by molar-refractivity contribution is 7.89. The van der Waals surface area contributed by atoms with E-state index in [0.29, 0.717) is 11.7 Å². The van der Waals surface area contributed by atoms with Crippen molar-refractivity contribution in [2.45, 2.75) is 43.5 Å². The highest BCUT2D eigenvalue weighted by atomic mass is 32.2. The Balaban J connectivity index is 2.14. The summed E-state index contributed by atoms with van der Waals surface area (Å²) in [5, 5.41) is 2.82. The lowest BCUT2D eigenvalue weighted by molar-refractivity contribution is 0.332. The van der Waals surface area contributed by atoms with Crippen LogP contribution in [-0.4, -0.2) is 26.5 Å². The van der Waals surface area contributed by atoms with Crippen LogP contribution in [0.2, 0.25) is 0 Å². The molecule has 0 amide bonds. The third-order valence-electron chi connectivity index (χ3n) is 3.63. The van der Waals surface area contributed by atoms with Crippen LogP contribution in [0.5, 0.6) is 0 Å². The van der Waals surface area contributed by atoms with Gasteiger partial charge < -0.3 is 5.32 Å². The second-order valence-corrected chi connectivity index (χ2v) is 6.86. The number of nitrogens with one attached hydrogen (secondary N) is 2. The Morgan fingerprint density at radius 1 is 1.26 bits per heavy atom. The predicted molar refractivity (Wildman–Crippen MR) is 75.5 cm³/mol. The molecule has 0 aliphatic heterocycles. The smallest absolute Gasteiger partial charge is 0.244 e. The van der Waals surface area contributed by atoms with Crippen LogP contribution in [-0.2, 0) is 10.0 Å². The molecule has 19 heavy (non-hydrogen) atoms. The summed E-state index contributed by atoms with van der Waals surface area (Å²) in [4.78, 5) is 4.26. The van der Waals surface area contributed by atoms with Gasteiger partial charge in [-0.05, 0) is 43.7 Å². The van der Waals surface area contributed by atoms with E-state index in [1.165, 1.54) is 0 Å². The number of pyridine rings is 1. The number of sulfonamides is 1. The van der Waals surface area contributed by atoms with E-state index in [0.717, 1.165) is 25.7 Å². The fourth-order valence-corrected chi connectivity index (χ4v) is 3.92. The molecule has 0 saturated heterocycles. The summed E-state index contributed by atoms with van der Waals surface area (Å²) in [5.74, 6) is 1.09. The van der Waals surface area contributed by atoms with Crippen molar-refractivity contribution in [3.8, 4) is 0 Å². The summed E-state index contributed by atoms with van der Waals surface area (Å²) in [5.41, 5.74) is 0. The van der Waals surface area contributed by atoms with Gasteiger partial charge in [-0.25, -0.2) is 18.1 Å². The van der Waals surface area contributed by atoms with Crippen molar-refractivity contribution in [3.63, 3.8) is 0 Å². The highest BCUT2D eigenvalue weighted by Gasteiger charge is 2.25. The van der Waals surface area contributed by atoms with E-state index >= 15 is 0 Å². The molecule has 6 heteroatoms. The zero-order valence-corrected chi connectivity index (χ0v) is 12.2. The second kappa shape index (κ2) is 5.88. The molecule has 0 radical (unpaired) electrons. The standard InChI is InChI=1S/C13H21N3O2S/c1-10-5-7-11(8-6-10)16-19(17,18)12-4-3-9-15-13(12)14-2/h3-4,9-11,16H,5-8H2,1-2H3,(H,14,15). The van der Waals surface area contributed by atoms with E-state index in [2.05, 4.69) is 21.9 Å². The van der Waals surface area contributed by atoms with Crippen molar-refractivity contribution >= 4 is 15.8 Å². The molecule has 1 aromatic heterocycles. The summed E-state index contributed by atoms with van der Waals surface area (Å²) in [7, 11) is -1.82. The van der Waals surface area contributed by atoms with Gasteiger partial charge in [0.2, 0.25) is 10.0 Å². The molecule has 0 spiro atoms. The molecule has 1 aliphatic rings. The average Bonchev–Trinajstić information content (AvgIpc) is 2.41. The van der Waals surface area contributed by atoms with E-state index in [1.807, 2.05) is 0 Å². The zero-order valence-electron chi connectivity index (χ0n) is 11.4. The first-order chi connectivity index (χ1) is 9.03. The first-order valence-corrected chi connectivity index (χ1v) is 8.16. The molecule has 1 aromatic rings. The first kappa shape index (κ1) is 14.3. The Morgan fingerprint density at radius 2 is 1.95 bits per heavy atom. The predicted octanol–water partition coefficient (Wildman–Crippen LogP) is 1.98. The Kier molecular flexibility index (Phi) is 4.42. The third-order valence-corrected chi connectivity index (χ3v) is 5.19. The van der Waals surface area contributed by atoms with E-state index in [-0.39, 0.29) is 10.9 Å². The Labute approximate surface area is 114 Å². The Morgan fingerprint density at radius 3 is 2.58 bits per heavy atom. The fraction of sp³-hybridized carbons (Fsp3) is 0.615. The van der Waals surface area contributed by atoms with Crippen molar-refractivity contribution in [3.05, 3.63) is 18.3 Å². The number of nitrogens with zero attached hydrogens (tertiary/aromatic N) is 1. The van der Waals surface area contributed by atoms with Gasteiger partial charge in [0.05, 0.1) is 0 Å². The van der Waals surface area contributed by atoms with Gasteiger partial charge in [-0.1, -0.05) is 6.92 Å². The molecule has 0 unspecified atom stereocenters. The summed E-state index contributed by atoms with van der Waals surface area (Å²) >= 11 is 0. The number of hydrogen-bond acceptors (Lipinski definition) is 4. The maximum atomic E-state index is 12.4. The van der Waals surface area contributed by atoms with Crippen LogP contribution in [0.25, 0.3) is 0 Å². The minimum absolute atomic E-state index is 0.0473. The van der Waals surface area contributed by atoms with Gasteiger partial charge in [-0.2, -0.15) is 0 Å². The first-order valence-electron chi connectivity index (χ1n) is 6.68. The number of anilines is 1. The largest absolute Gasteiger partial charge is 0.372 e. The van der Waals surface area contributed by atoms with Crippen molar-refractivity contribution in [2.24, 2.45) is 5.92 Å². The summed E-state index contributed by atoms with van der Waals surface area (Å²) in [6.45, 7) is 2.21. The molecule has 106 valence electrons. The molecule has 5 nitrogen and oxygen atoms in total. The SMILES string of the molecule is CNc1ncccc1S(=O)(=O)NC1CCC(C)CC1. The Bertz CT molecular complexity index is 522. The van der Waals surface area contributed by atoms with Gasteiger partial charge in [-0.15, -0.1) is 0 Å². The van der Waals surface area contributed by atoms with Gasteiger partial charge in [0.25, 0.3) is 0 Å². The van der Waals surface area contributed by atoms with E-state index in [4.69, 9.17) is 0 Å². The van der Waals surface area contributed by atoms with E-state index in [1.54, 1.807) is 25.4 Å². The van der Waals surface area contributed by atoms with E-state index in [9.17, 15) is 8.42 Å². The lowest BCUT2D eigenvalue weighted by Gasteiger charge is -2.26. The molecule has 1 saturated carbocycles. The van der Waals surface area contributed by atoms with Crippen LogP contribution in [0, 0.1) is 5.92 Å². The minimum atomic E-state index is -3.50. The maximum Gasteiger partial charge on any atom is 0.244 e. The molecule has 1 fully saturated rings. The van der Waals surface area contributed by atoms with Crippen molar-refractivity contribution in [1.82, 2.24) is 9.71 Å². The van der Waals surface area contributed by atoms with Gasteiger partial charge in [0.1, 0.15) is 10.7 Å². The van der Waals surface area contributed by atoms with Crippen LogP contribution in [0.4, 0.5) is 5.82 Å². The third kappa shape index (κ3) is 3.45. The van der Waals surface area contributed by atoms with Gasteiger partial charge in [0, 0.05) is 19.3 Å². The van der Waals surface area contributed by atoms with E-state index < -0.39 is 10.0 Å². The van der Waals surface area contributed by atoms with Gasteiger partial charge >= 0.3 is 0 Å². The molecule has 1 aliphatic carbocycles. The summed E-state index contributed by atoms with van der Waals surface area (Å²) < 4.78 is 27.5. The Hall–Kier alpha value is -1.14. The number of aromatic nitrogens is 1. The monoisotopic (exact) mass is 283 g/mol. The summed E-state index contributed by atoms with van der Waals surface area (Å²) in [6, 6.07) is 3.26. The van der Waals surface area contributed by atoms with Crippen LogP contribution < -0.4 is 10.0 Å². The normalized spacial score (nSPS) is 24.1.